The molecule has 3 aromatic carbocycles. The maximum absolute atomic E-state index is 12.3. The maximum atomic E-state index is 12.3. The van der Waals surface area contributed by atoms with Gasteiger partial charge in [0.25, 0.3) is 5.91 Å². The lowest BCUT2D eigenvalue weighted by Crippen LogP contribution is -2.41. The van der Waals surface area contributed by atoms with Crippen LogP contribution in [0.4, 0.5) is 0 Å². The van der Waals surface area contributed by atoms with E-state index in [1.165, 1.54) is 0 Å². The smallest absolute Gasteiger partial charge is 0.305 e. The van der Waals surface area contributed by atoms with E-state index in [0.29, 0.717) is 17.8 Å². The summed E-state index contributed by atoms with van der Waals surface area (Å²) in [7, 11) is 0. The third kappa shape index (κ3) is 4.44. The first-order chi connectivity index (χ1) is 14.2. The summed E-state index contributed by atoms with van der Waals surface area (Å²) in [4.78, 5) is 24.4. The van der Waals surface area contributed by atoms with Crippen LogP contribution in [-0.2, 0) is 6.61 Å². The van der Waals surface area contributed by atoms with Crippen molar-refractivity contribution in [3.63, 3.8) is 0 Å². The van der Waals surface area contributed by atoms with Crippen molar-refractivity contribution in [2.24, 2.45) is 0 Å². The van der Waals surface area contributed by atoms with Gasteiger partial charge in [-0.3, -0.25) is 20.4 Å². The normalized spacial score (nSPS) is 10.5. The number of carbonyl (C=O) groups excluding carboxylic acids is 2. The number of hydrazine groups is 1. The van der Waals surface area contributed by atoms with Gasteiger partial charge in [0.2, 0.25) is 0 Å². The quantitative estimate of drug-likeness (QED) is 0.506. The molecule has 6 nitrogen and oxygen atoms in total. The summed E-state index contributed by atoms with van der Waals surface area (Å²) >= 11 is 0. The molecule has 2 N–H and O–H groups in total. The van der Waals surface area contributed by atoms with Crippen molar-refractivity contribution in [1.29, 1.82) is 0 Å². The van der Waals surface area contributed by atoms with Crippen molar-refractivity contribution in [2.45, 2.75) is 6.61 Å². The lowest BCUT2D eigenvalue weighted by atomic mass is 10.1. The summed E-state index contributed by atoms with van der Waals surface area (Å²) in [5, 5.41) is 0.817. The van der Waals surface area contributed by atoms with Gasteiger partial charge in [0, 0.05) is 10.9 Å². The molecule has 2 amide bonds. The minimum absolute atomic E-state index is 0.125. The van der Waals surface area contributed by atoms with Gasteiger partial charge < -0.3 is 9.15 Å². The molecule has 4 rings (SSSR count). The second kappa shape index (κ2) is 8.31. The van der Waals surface area contributed by atoms with Crippen LogP contribution in [0.5, 0.6) is 5.75 Å². The first-order valence-electron chi connectivity index (χ1n) is 9.05. The standard InChI is InChI=1S/C23H18N2O4/c26-22(24-25-23(27)21-14-18-6-4-5-9-20(18)29-21)17-12-10-16(11-13-17)15-28-19-7-2-1-3-8-19/h1-14H,15H2,(H,24,26)(H,25,27). The molecule has 0 spiro atoms. The number of ether oxygens (including phenoxy) is 1. The van der Waals surface area contributed by atoms with Gasteiger partial charge in [0.1, 0.15) is 17.9 Å². The van der Waals surface area contributed by atoms with E-state index in [9.17, 15) is 9.59 Å². The summed E-state index contributed by atoms with van der Waals surface area (Å²) in [6.07, 6.45) is 0. The molecule has 1 aromatic heterocycles. The second-order valence-electron chi connectivity index (χ2n) is 6.36. The highest BCUT2D eigenvalue weighted by atomic mass is 16.5. The average Bonchev–Trinajstić information content (AvgIpc) is 3.21. The number of hydrogen-bond acceptors (Lipinski definition) is 4. The van der Waals surface area contributed by atoms with Crippen molar-refractivity contribution in [1.82, 2.24) is 10.9 Å². The molecule has 0 aliphatic heterocycles. The molecule has 144 valence electrons. The highest BCUT2D eigenvalue weighted by molar-refractivity contribution is 5.99. The Balaban J connectivity index is 1.31. The number of hydrogen-bond donors (Lipinski definition) is 2. The van der Waals surface area contributed by atoms with Gasteiger partial charge in [-0.05, 0) is 42.0 Å². The molecular formula is C23H18N2O4. The molecule has 0 aliphatic rings. The Labute approximate surface area is 167 Å². The molecule has 0 aliphatic carbocycles. The van der Waals surface area contributed by atoms with Crippen LogP contribution in [0.1, 0.15) is 26.5 Å². The van der Waals surface area contributed by atoms with Crippen molar-refractivity contribution in [2.75, 3.05) is 0 Å². The molecule has 6 heteroatoms. The molecule has 0 radical (unpaired) electrons. The monoisotopic (exact) mass is 386 g/mol. The van der Waals surface area contributed by atoms with Crippen LogP contribution in [0.15, 0.2) is 89.3 Å². The molecule has 0 unspecified atom stereocenters. The number of furan rings is 1. The minimum atomic E-state index is -0.526. The number of rotatable bonds is 5. The molecule has 1 heterocycles. The van der Waals surface area contributed by atoms with Crippen LogP contribution >= 0.6 is 0 Å². The Morgan fingerprint density at radius 1 is 0.793 bits per heavy atom. The van der Waals surface area contributed by atoms with Crippen LogP contribution in [0.3, 0.4) is 0 Å². The summed E-state index contributed by atoms with van der Waals surface area (Å²) in [6.45, 7) is 0.398. The predicted octanol–water partition coefficient (Wildman–Crippen LogP) is 4.09. The highest BCUT2D eigenvalue weighted by Gasteiger charge is 2.13. The topological polar surface area (TPSA) is 80.6 Å². The van der Waals surface area contributed by atoms with Crippen molar-refractivity contribution >= 4 is 22.8 Å². The molecule has 0 bridgehead atoms. The fraction of sp³-hybridized carbons (Fsp3) is 0.0435. The van der Waals surface area contributed by atoms with E-state index < -0.39 is 11.8 Å². The highest BCUT2D eigenvalue weighted by Crippen LogP contribution is 2.18. The van der Waals surface area contributed by atoms with E-state index in [1.54, 1.807) is 36.4 Å². The van der Waals surface area contributed by atoms with Gasteiger partial charge in [0.05, 0.1) is 0 Å². The van der Waals surface area contributed by atoms with Crippen molar-refractivity contribution in [3.8, 4) is 5.75 Å². The Bertz CT molecular complexity index is 1100. The fourth-order valence-corrected chi connectivity index (χ4v) is 2.78. The summed E-state index contributed by atoms with van der Waals surface area (Å²) in [5.41, 5.74) is 6.70. The fourth-order valence-electron chi connectivity index (χ4n) is 2.78. The molecule has 4 aromatic rings. The number of benzene rings is 3. The Morgan fingerprint density at radius 3 is 2.24 bits per heavy atom. The summed E-state index contributed by atoms with van der Waals surface area (Å²) < 4.78 is 11.1. The second-order valence-corrected chi connectivity index (χ2v) is 6.36. The van der Waals surface area contributed by atoms with Gasteiger partial charge in [-0.1, -0.05) is 48.5 Å². The van der Waals surface area contributed by atoms with Crippen molar-refractivity contribution in [3.05, 3.63) is 102 Å². The predicted molar refractivity (Wildman–Crippen MR) is 108 cm³/mol. The van der Waals surface area contributed by atoms with Gasteiger partial charge in [0.15, 0.2) is 5.76 Å². The number of amides is 2. The summed E-state index contributed by atoms with van der Waals surface area (Å²) in [5.74, 6) is -0.0463. The lowest BCUT2D eigenvalue weighted by Gasteiger charge is -2.08. The first kappa shape index (κ1) is 18.3. The van der Waals surface area contributed by atoms with Crippen LogP contribution in [0, 0.1) is 0 Å². The SMILES string of the molecule is O=C(NNC(=O)c1cc2ccccc2o1)c1ccc(COc2ccccc2)cc1. The molecule has 0 saturated carbocycles. The Hall–Kier alpha value is -4.06. The first-order valence-corrected chi connectivity index (χ1v) is 9.05. The van der Waals surface area contributed by atoms with E-state index in [-0.39, 0.29) is 5.76 Å². The number of para-hydroxylation sites is 2. The van der Waals surface area contributed by atoms with Crippen molar-refractivity contribution < 1.29 is 18.7 Å². The zero-order valence-corrected chi connectivity index (χ0v) is 15.4. The van der Waals surface area contributed by atoms with E-state index in [4.69, 9.17) is 9.15 Å². The van der Waals surface area contributed by atoms with Gasteiger partial charge >= 0.3 is 5.91 Å². The van der Waals surface area contributed by atoms with Gasteiger partial charge in [-0.25, -0.2) is 0 Å². The third-order valence-corrected chi connectivity index (χ3v) is 4.30. The van der Waals surface area contributed by atoms with E-state index in [1.807, 2.05) is 48.5 Å². The van der Waals surface area contributed by atoms with Gasteiger partial charge in [-0.2, -0.15) is 0 Å². The largest absolute Gasteiger partial charge is 0.489 e. The number of fused-ring (bicyclic) bond motifs is 1. The lowest BCUT2D eigenvalue weighted by molar-refractivity contribution is 0.0832. The molecule has 0 saturated heterocycles. The molecule has 0 atom stereocenters. The number of carbonyl (C=O) groups is 2. The number of nitrogens with one attached hydrogen (secondary N) is 2. The zero-order chi connectivity index (χ0) is 20.1. The van der Waals surface area contributed by atoms with Crippen LogP contribution in [0.2, 0.25) is 0 Å². The zero-order valence-electron chi connectivity index (χ0n) is 15.4. The molecule has 29 heavy (non-hydrogen) atoms. The van der Waals surface area contributed by atoms with Crippen LogP contribution in [0.25, 0.3) is 11.0 Å². The van der Waals surface area contributed by atoms with Crippen LogP contribution in [-0.4, -0.2) is 11.8 Å². The van der Waals surface area contributed by atoms with Gasteiger partial charge in [-0.15, -0.1) is 0 Å². The third-order valence-electron chi connectivity index (χ3n) is 4.30. The van der Waals surface area contributed by atoms with E-state index >= 15 is 0 Å². The Kier molecular flexibility index (Phi) is 5.25. The van der Waals surface area contributed by atoms with E-state index in [2.05, 4.69) is 10.9 Å². The Morgan fingerprint density at radius 2 is 1.48 bits per heavy atom. The minimum Gasteiger partial charge on any atom is -0.489 e. The molecule has 0 fully saturated rings. The van der Waals surface area contributed by atoms with Crippen LogP contribution < -0.4 is 15.6 Å². The molecular weight excluding hydrogens is 368 g/mol. The maximum Gasteiger partial charge on any atom is 0.305 e. The average molecular weight is 386 g/mol. The van der Waals surface area contributed by atoms with E-state index in [0.717, 1.165) is 16.7 Å². The summed E-state index contributed by atoms with van der Waals surface area (Å²) in [6, 6.07) is 25.4.